The van der Waals surface area contributed by atoms with Crippen LogP contribution in [0.3, 0.4) is 0 Å². The van der Waals surface area contributed by atoms with E-state index >= 15 is 0 Å². The second-order valence-corrected chi connectivity index (χ2v) is 7.01. The highest BCUT2D eigenvalue weighted by Crippen LogP contribution is 2.35. The van der Waals surface area contributed by atoms with Gasteiger partial charge < -0.3 is 15.2 Å². The van der Waals surface area contributed by atoms with E-state index in [0.29, 0.717) is 26.1 Å². The molecule has 1 atom stereocenters. The molecule has 124 valence electrons. The van der Waals surface area contributed by atoms with Crippen LogP contribution >= 0.6 is 0 Å². The lowest BCUT2D eigenvalue weighted by Gasteiger charge is -2.39. The lowest BCUT2D eigenvalue weighted by atomic mass is 10.0. The molecule has 0 radical (unpaired) electrons. The zero-order valence-corrected chi connectivity index (χ0v) is 13.9. The molecule has 6 nitrogen and oxygen atoms in total. The maximum absolute atomic E-state index is 12.8. The summed E-state index contributed by atoms with van der Waals surface area (Å²) >= 11 is 0. The largest absolute Gasteiger partial charge is 0.508 e. The summed E-state index contributed by atoms with van der Waals surface area (Å²) in [6, 6.07) is 5.62. The van der Waals surface area contributed by atoms with Crippen LogP contribution < -0.4 is 5.32 Å². The fourth-order valence-corrected chi connectivity index (χ4v) is 4.57. The van der Waals surface area contributed by atoms with Crippen molar-refractivity contribution in [1.82, 2.24) is 9.62 Å². The van der Waals surface area contributed by atoms with Crippen LogP contribution in [-0.2, 0) is 14.8 Å². The van der Waals surface area contributed by atoms with E-state index in [2.05, 4.69) is 5.32 Å². The molecule has 22 heavy (non-hydrogen) atoms. The second kappa shape index (κ2) is 6.95. The Morgan fingerprint density at radius 3 is 2.55 bits per heavy atom. The van der Waals surface area contributed by atoms with Crippen LogP contribution in [0.4, 0.5) is 0 Å². The number of phenols is 1. The molecular weight excluding hydrogens is 304 g/mol. The smallest absolute Gasteiger partial charge is 0.245 e. The number of sulfonamides is 1. The summed E-state index contributed by atoms with van der Waals surface area (Å²) in [7, 11) is -3.61. The highest BCUT2D eigenvalue weighted by Gasteiger charge is 2.49. The first kappa shape index (κ1) is 17.2. The lowest BCUT2D eigenvalue weighted by Crippen LogP contribution is -2.56. The zero-order chi connectivity index (χ0) is 16.2. The minimum atomic E-state index is -3.61. The molecule has 3 rings (SSSR count). The van der Waals surface area contributed by atoms with Gasteiger partial charge in [0.2, 0.25) is 10.0 Å². The summed E-state index contributed by atoms with van der Waals surface area (Å²) in [4.78, 5) is 0.186. The fourth-order valence-electron chi connectivity index (χ4n) is 2.88. The van der Waals surface area contributed by atoms with Crippen LogP contribution in [0, 0.1) is 0 Å². The maximum Gasteiger partial charge on any atom is 0.245 e. The monoisotopic (exact) mass is 328 g/mol. The van der Waals surface area contributed by atoms with E-state index in [1.807, 2.05) is 13.8 Å². The van der Waals surface area contributed by atoms with Gasteiger partial charge in [0.15, 0.2) is 0 Å². The van der Waals surface area contributed by atoms with Crippen LogP contribution in [0.5, 0.6) is 5.75 Å². The maximum atomic E-state index is 12.8. The first-order valence-corrected chi connectivity index (χ1v) is 9.15. The Morgan fingerprint density at radius 2 is 1.95 bits per heavy atom. The molecule has 7 heteroatoms. The van der Waals surface area contributed by atoms with Crippen molar-refractivity contribution in [3.8, 4) is 5.75 Å². The molecule has 0 bridgehead atoms. The summed E-state index contributed by atoms with van der Waals surface area (Å²) < 4.78 is 32.7. The molecule has 2 aliphatic rings. The van der Waals surface area contributed by atoms with Crippen LogP contribution in [0.1, 0.15) is 26.7 Å². The van der Waals surface area contributed by atoms with Crippen molar-refractivity contribution >= 4 is 10.0 Å². The van der Waals surface area contributed by atoms with E-state index in [4.69, 9.17) is 4.74 Å². The molecule has 0 aliphatic carbocycles. The highest BCUT2D eigenvalue weighted by atomic mass is 32.2. The molecule has 2 fully saturated rings. The summed E-state index contributed by atoms with van der Waals surface area (Å²) in [5.74, 6) is 0.0515. The fraction of sp³-hybridized carbons (Fsp3) is 0.600. The van der Waals surface area contributed by atoms with E-state index in [9.17, 15) is 13.5 Å². The van der Waals surface area contributed by atoms with Gasteiger partial charge in [-0.1, -0.05) is 13.8 Å². The Labute approximate surface area is 132 Å². The number of hydrogen-bond acceptors (Lipinski definition) is 5. The topological polar surface area (TPSA) is 78.9 Å². The first-order valence-electron chi connectivity index (χ1n) is 7.71. The minimum absolute atomic E-state index is 0.0515. The van der Waals surface area contributed by atoms with Gasteiger partial charge in [0.1, 0.15) is 11.5 Å². The summed E-state index contributed by atoms with van der Waals surface area (Å²) in [5, 5.41) is 12.5. The third-order valence-electron chi connectivity index (χ3n) is 3.87. The molecule has 0 saturated carbocycles. The third-order valence-corrected chi connectivity index (χ3v) is 5.83. The van der Waals surface area contributed by atoms with Crippen molar-refractivity contribution in [1.29, 1.82) is 0 Å². The van der Waals surface area contributed by atoms with Gasteiger partial charge >= 0.3 is 0 Å². The minimum Gasteiger partial charge on any atom is -0.508 e. The number of aromatic hydroxyl groups is 1. The Kier molecular flexibility index (Phi) is 5.44. The van der Waals surface area contributed by atoms with Crippen molar-refractivity contribution in [2.24, 2.45) is 0 Å². The van der Waals surface area contributed by atoms with Crippen LogP contribution in [0.25, 0.3) is 0 Å². The normalized spacial score (nSPS) is 25.7. The summed E-state index contributed by atoms with van der Waals surface area (Å²) in [6.45, 7) is 6.19. The molecule has 1 aromatic carbocycles. The average Bonchev–Trinajstić information content (AvgIpc) is 2.94. The highest BCUT2D eigenvalue weighted by molar-refractivity contribution is 7.89. The van der Waals surface area contributed by atoms with Crippen LogP contribution in [0.15, 0.2) is 29.2 Å². The number of ether oxygens (including phenoxy) is 1. The van der Waals surface area contributed by atoms with Crippen molar-refractivity contribution in [3.05, 3.63) is 24.3 Å². The van der Waals surface area contributed by atoms with E-state index in [-0.39, 0.29) is 10.6 Å². The Bertz CT molecular complexity index is 580. The summed E-state index contributed by atoms with van der Waals surface area (Å²) in [5.41, 5.74) is -0.755. The van der Waals surface area contributed by atoms with E-state index in [1.54, 1.807) is 0 Å². The third kappa shape index (κ3) is 3.12. The number of nitrogens with one attached hydrogen (secondary N) is 1. The number of benzene rings is 1. The van der Waals surface area contributed by atoms with Crippen molar-refractivity contribution in [2.45, 2.75) is 37.3 Å². The molecule has 2 saturated heterocycles. The van der Waals surface area contributed by atoms with Crippen LogP contribution in [-0.4, -0.2) is 49.8 Å². The van der Waals surface area contributed by atoms with E-state index in [1.165, 1.54) is 28.6 Å². The summed E-state index contributed by atoms with van der Waals surface area (Å²) in [6.07, 6.45) is 1.60. The lowest BCUT2D eigenvalue weighted by molar-refractivity contribution is -0.0646. The molecule has 2 aliphatic heterocycles. The molecular formula is C15H24N2O4S. The Morgan fingerprint density at radius 1 is 1.27 bits per heavy atom. The molecule has 1 spiro atoms. The zero-order valence-electron chi connectivity index (χ0n) is 13.1. The average molecular weight is 328 g/mol. The molecule has 0 aromatic heterocycles. The number of phenolic OH excluding ortho intramolecular Hbond substituents is 1. The predicted octanol–water partition coefficient (Wildman–Crippen LogP) is 1.52. The molecule has 2 N–H and O–H groups in total. The van der Waals surface area contributed by atoms with Crippen LogP contribution in [0.2, 0.25) is 0 Å². The number of hydrogen-bond donors (Lipinski definition) is 2. The van der Waals surface area contributed by atoms with E-state index < -0.39 is 15.7 Å². The predicted molar refractivity (Wildman–Crippen MR) is 84.1 cm³/mol. The van der Waals surface area contributed by atoms with Gasteiger partial charge in [0.25, 0.3) is 0 Å². The Balaban J connectivity index is 0.000000847. The number of rotatable bonds is 2. The number of piperidine rings is 1. The van der Waals surface area contributed by atoms with Crippen molar-refractivity contribution < 1.29 is 18.3 Å². The van der Waals surface area contributed by atoms with E-state index in [0.717, 1.165) is 13.0 Å². The molecule has 1 unspecified atom stereocenters. The molecule has 2 heterocycles. The van der Waals surface area contributed by atoms with Crippen molar-refractivity contribution in [3.63, 3.8) is 0 Å². The molecule has 1 aromatic rings. The SMILES string of the molecule is CC.O=S(=O)(c1ccc(O)cc1)N1CCOC12CCCNC2. The first-order chi connectivity index (χ1) is 10.5. The van der Waals surface area contributed by atoms with Gasteiger partial charge in [-0.25, -0.2) is 8.42 Å². The van der Waals surface area contributed by atoms with Gasteiger partial charge in [-0.2, -0.15) is 4.31 Å². The molecule has 0 amide bonds. The van der Waals surface area contributed by atoms with Gasteiger partial charge in [0.05, 0.1) is 11.5 Å². The van der Waals surface area contributed by atoms with Gasteiger partial charge in [-0.05, 0) is 43.7 Å². The Hall–Kier alpha value is -1.15. The van der Waals surface area contributed by atoms with Gasteiger partial charge in [-0.15, -0.1) is 0 Å². The standard InChI is InChI=1S/C13H18N2O4S.C2H6/c16-11-2-4-12(5-3-11)20(17,18)15-8-9-19-13(15)6-1-7-14-10-13;1-2/h2-5,14,16H,1,6-10H2;1-2H3. The number of nitrogens with zero attached hydrogens (tertiary/aromatic N) is 1. The second-order valence-electron chi connectivity index (χ2n) is 5.15. The van der Waals surface area contributed by atoms with Gasteiger partial charge in [-0.3, -0.25) is 0 Å². The van der Waals surface area contributed by atoms with Gasteiger partial charge in [0, 0.05) is 13.1 Å². The quantitative estimate of drug-likeness (QED) is 0.860. The van der Waals surface area contributed by atoms with Crippen molar-refractivity contribution in [2.75, 3.05) is 26.2 Å².